The average Bonchev–Trinajstić information content (AvgIpc) is 2.90. The number of hydrogen-bond donors (Lipinski definition) is 0. The molecule has 0 aliphatic heterocycles. The molecule has 0 heteroatoms. The monoisotopic (exact) mass is 208 g/mol. The van der Waals surface area contributed by atoms with E-state index in [0.717, 1.165) is 12.8 Å². The van der Waals surface area contributed by atoms with Crippen molar-refractivity contribution in [3.63, 3.8) is 0 Å². The molecule has 0 bridgehead atoms. The van der Waals surface area contributed by atoms with Gasteiger partial charge in [-0.1, -0.05) is 43.0 Å². The topological polar surface area (TPSA) is 0 Å². The zero-order valence-corrected chi connectivity index (χ0v) is 9.50. The van der Waals surface area contributed by atoms with Crippen LogP contribution in [0.5, 0.6) is 0 Å². The molecule has 0 unspecified atom stereocenters. The minimum absolute atomic E-state index is 1.08. The van der Waals surface area contributed by atoms with E-state index < -0.39 is 0 Å². The van der Waals surface area contributed by atoms with Crippen molar-refractivity contribution in [2.75, 3.05) is 0 Å². The zero-order chi connectivity index (χ0) is 11.0. The molecule has 0 spiro atoms. The van der Waals surface area contributed by atoms with Gasteiger partial charge in [0, 0.05) is 0 Å². The molecule has 3 aliphatic rings. The van der Waals surface area contributed by atoms with Crippen molar-refractivity contribution < 1.29 is 0 Å². The highest BCUT2D eigenvalue weighted by molar-refractivity contribution is 5.65. The zero-order valence-electron chi connectivity index (χ0n) is 9.50. The third-order valence-electron chi connectivity index (χ3n) is 3.49. The predicted molar refractivity (Wildman–Crippen MR) is 69.1 cm³/mol. The predicted octanol–water partition coefficient (Wildman–Crippen LogP) is 4.41. The third-order valence-corrected chi connectivity index (χ3v) is 3.49. The second-order valence-corrected chi connectivity index (χ2v) is 4.59. The van der Waals surface area contributed by atoms with E-state index in [1.54, 1.807) is 0 Å². The number of rotatable bonds is 1. The Bertz CT molecular complexity index is 490. The number of hydrogen-bond acceptors (Lipinski definition) is 0. The largest absolute Gasteiger partial charge is 0.0909 e. The minimum Gasteiger partial charge on any atom is -0.0909 e. The van der Waals surface area contributed by atoms with Crippen molar-refractivity contribution in [1.29, 1.82) is 0 Å². The standard InChI is InChI=1S/C16H16/c1-12-15(10-13-6-2-3-7-13)11-14-8-4-5-9-16(12)14/h2,6-10H,1,3-5,11H2/b15-10+. The molecular formula is C16H16. The van der Waals surface area contributed by atoms with Gasteiger partial charge < -0.3 is 0 Å². The Kier molecular flexibility index (Phi) is 2.28. The van der Waals surface area contributed by atoms with Crippen LogP contribution in [0.4, 0.5) is 0 Å². The molecule has 1 fully saturated rings. The molecule has 16 heavy (non-hydrogen) atoms. The van der Waals surface area contributed by atoms with Crippen molar-refractivity contribution in [3.05, 3.63) is 70.9 Å². The van der Waals surface area contributed by atoms with Crippen LogP contribution in [-0.2, 0) is 0 Å². The summed E-state index contributed by atoms with van der Waals surface area (Å²) in [6, 6.07) is 0. The van der Waals surface area contributed by atoms with Gasteiger partial charge in [0.1, 0.15) is 0 Å². The van der Waals surface area contributed by atoms with Gasteiger partial charge in [-0.2, -0.15) is 0 Å². The lowest BCUT2D eigenvalue weighted by atomic mass is 9.99. The summed E-state index contributed by atoms with van der Waals surface area (Å²) in [7, 11) is 0. The van der Waals surface area contributed by atoms with Gasteiger partial charge in [-0.05, 0) is 53.5 Å². The molecule has 3 aliphatic carbocycles. The van der Waals surface area contributed by atoms with E-state index >= 15 is 0 Å². The van der Waals surface area contributed by atoms with Gasteiger partial charge in [0.2, 0.25) is 0 Å². The van der Waals surface area contributed by atoms with Crippen LogP contribution >= 0.6 is 0 Å². The fourth-order valence-electron chi connectivity index (χ4n) is 2.62. The fourth-order valence-corrected chi connectivity index (χ4v) is 2.62. The molecule has 0 saturated heterocycles. The minimum atomic E-state index is 1.08. The summed E-state index contributed by atoms with van der Waals surface area (Å²) >= 11 is 0. The third kappa shape index (κ3) is 1.55. The van der Waals surface area contributed by atoms with Gasteiger partial charge in [0.15, 0.2) is 0 Å². The van der Waals surface area contributed by atoms with E-state index in [9.17, 15) is 0 Å². The summed E-state index contributed by atoms with van der Waals surface area (Å²) in [5.41, 5.74) is 6.88. The molecule has 0 nitrogen and oxygen atoms in total. The quantitative estimate of drug-likeness (QED) is 0.599. The maximum Gasteiger partial charge on any atom is -0.00167 e. The second kappa shape index (κ2) is 3.79. The van der Waals surface area contributed by atoms with E-state index in [0.29, 0.717) is 0 Å². The number of fused-ring (bicyclic) bond motifs is 1. The van der Waals surface area contributed by atoms with Crippen LogP contribution in [0.15, 0.2) is 70.9 Å². The van der Waals surface area contributed by atoms with Crippen molar-refractivity contribution in [1.82, 2.24) is 0 Å². The summed E-state index contributed by atoms with van der Waals surface area (Å²) in [6.45, 7) is 4.23. The molecule has 0 radical (unpaired) electrons. The van der Waals surface area contributed by atoms with Crippen molar-refractivity contribution in [3.8, 4) is 0 Å². The Balaban J connectivity index is 1.94. The molecule has 0 heterocycles. The molecule has 0 aromatic carbocycles. The van der Waals surface area contributed by atoms with Crippen molar-refractivity contribution in [2.45, 2.75) is 25.7 Å². The van der Waals surface area contributed by atoms with Crippen LogP contribution in [0.3, 0.4) is 0 Å². The highest BCUT2D eigenvalue weighted by Gasteiger charge is 2.23. The molecule has 0 aromatic rings. The molecule has 0 aromatic heterocycles. The second-order valence-electron chi connectivity index (χ2n) is 4.59. The molecule has 3 rings (SSSR count). The highest BCUT2D eigenvalue weighted by atomic mass is 14.3. The molecule has 0 atom stereocenters. The van der Waals surface area contributed by atoms with Crippen LogP contribution in [0.1, 0.15) is 25.7 Å². The molecular weight excluding hydrogens is 192 g/mol. The first kappa shape index (κ1) is 9.65. The van der Waals surface area contributed by atoms with Crippen LogP contribution in [0.2, 0.25) is 0 Å². The summed E-state index contributed by atoms with van der Waals surface area (Å²) < 4.78 is 0. The maximum absolute atomic E-state index is 4.23. The molecule has 0 N–H and O–H groups in total. The highest BCUT2D eigenvalue weighted by Crippen LogP contribution is 2.42. The van der Waals surface area contributed by atoms with Gasteiger partial charge >= 0.3 is 0 Å². The fraction of sp³-hybridized carbons (Fsp3) is 0.250. The SMILES string of the molecule is C=C1C2=CCCC=C2C/C1=C\C1=CCC=C1. The van der Waals surface area contributed by atoms with Crippen LogP contribution < -0.4 is 0 Å². The lowest BCUT2D eigenvalue weighted by Gasteiger charge is -2.06. The lowest BCUT2D eigenvalue weighted by Crippen LogP contribution is -1.87. The van der Waals surface area contributed by atoms with Crippen molar-refractivity contribution >= 4 is 0 Å². The van der Waals surface area contributed by atoms with E-state index in [-0.39, 0.29) is 0 Å². The lowest BCUT2D eigenvalue weighted by molar-refractivity contribution is 0.997. The first-order chi connectivity index (χ1) is 7.84. The summed E-state index contributed by atoms with van der Waals surface area (Å²) in [4.78, 5) is 0. The Labute approximate surface area is 97.1 Å². The Morgan fingerprint density at radius 1 is 1.12 bits per heavy atom. The van der Waals surface area contributed by atoms with Crippen LogP contribution in [0.25, 0.3) is 0 Å². The molecule has 80 valence electrons. The van der Waals surface area contributed by atoms with E-state index in [2.05, 4.69) is 43.0 Å². The van der Waals surface area contributed by atoms with Crippen LogP contribution in [-0.4, -0.2) is 0 Å². The van der Waals surface area contributed by atoms with E-state index in [4.69, 9.17) is 0 Å². The Morgan fingerprint density at radius 2 is 2.00 bits per heavy atom. The van der Waals surface area contributed by atoms with Gasteiger partial charge in [-0.15, -0.1) is 0 Å². The molecule has 0 amide bonds. The Hall–Kier alpha value is -1.56. The van der Waals surface area contributed by atoms with Gasteiger partial charge in [-0.25, -0.2) is 0 Å². The normalized spacial score (nSPS) is 25.6. The number of allylic oxidation sites excluding steroid dienone is 11. The first-order valence-electron chi connectivity index (χ1n) is 6.01. The Morgan fingerprint density at radius 3 is 2.75 bits per heavy atom. The van der Waals surface area contributed by atoms with Gasteiger partial charge in [0.25, 0.3) is 0 Å². The van der Waals surface area contributed by atoms with Gasteiger partial charge in [-0.3, -0.25) is 0 Å². The van der Waals surface area contributed by atoms with Crippen molar-refractivity contribution in [2.24, 2.45) is 0 Å². The summed E-state index contributed by atoms with van der Waals surface area (Å²) in [6.07, 6.45) is 18.2. The summed E-state index contributed by atoms with van der Waals surface area (Å²) in [5, 5.41) is 0. The molecule has 1 saturated carbocycles. The first-order valence-corrected chi connectivity index (χ1v) is 6.01. The van der Waals surface area contributed by atoms with Crippen LogP contribution in [0, 0.1) is 0 Å². The van der Waals surface area contributed by atoms with E-state index in [1.165, 1.54) is 40.7 Å². The van der Waals surface area contributed by atoms with E-state index in [1.807, 2.05) is 0 Å². The van der Waals surface area contributed by atoms with Gasteiger partial charge in [0.05, 0.1) is 0 Å². The average molecular weight is 208 g/mol. The summed E-state index contributed by atoms with van der Waals surface area (Å²) in [5.74, 6) is 0. The smallest absolute Gasteiger partial charge is 0.00167 e. The maximum atomic E-state index is 4.23.